The summed E-state index contributed by atoms with van der Waals surface area (Å²) in [7, 11) is 0. The van der Waals surface area contributed by atoms with Crippen molar-refractivity contribution in [1.29, 1.82) is 0 Å². The first-order valence-electron chi connectivity index (χ1n) is 5.92. The third-order valence-electron chi connectivity index (χ3n) is 3.27. The van der Waals surface area contributed by atoms with Crippen molar-refractivity contribution in [3.8, 4) is 0 Å². The maximum absolute atomic E-state index is 6.03. The second kappa shape index (κ2) is 5.63. The van der Waals surface area contributed by atoms with E-state index in [0.29, 0.717) is 12.5 Å². The average molecular weight is 252 g/mol. The van der Waals surface area contributed by atoms with Crippen molar-refractivity contribution >= 4 is 11.6 Å². The number of aromatic nitrogens is 1. The SMILES string of the molecule is Cc1c(CN)ccnc1C1CC=C(Cl)CNC1. The van der Waals surface area contributed by atoms with Crippen LogP contribution in [-0.2, 0) is 6.54 Å². The van der Waals surface area contributed by atoms with E-state index in [4.69, 9.17) is 17.3 Å². The molecule has 1 atom stereocenters. The Labute approximate surface area is 107 Å². The molecule has 0 bridgehead atoms. The summed E-state index contributed by atoms with van der Waals surface area (Å²) < 4.78 is 0. The maximum Gasteiger partial charge on any atom is 0.0482 e. The molecular formula is C13H18ClN3. The number of nitrogens with one attached hydrogen (secondary N) is 1. The lowest BCUT2D eigenvalue weighted by Gasteiger charge is -2.17. The Morgan fingerprint density at radius 3 is 3.18 bits per heavy atom. The molecular weight excluding hydrogens is 234 g/mol. The normalized spacial score (nSPS) is 20.9. The van der Waals surface area contributed by atoms with Gasteiger partial charge in [-0.2, -0.15) is 0 Å². The number of nitrogens with zero attached hydrogens (tertiary/aromatic N) is 1. The van der Waals surface area contributed by atoms with Gasteiger partial charge in [0.15, 0.2) is 0 Å². The average Bonchev–Trinajstić information content (AvgIpc) is 2.54. The summed E-state index contributed by atoms with van der Waals surface area (Å²) in [5.41, 5.74) is 9.26. The van der Waals surface area contributed by atoms with Gasteiger partial charge in [0.2, 0.25) is 0 Å². The fourth-order valence-electron chi connectivity index (χ4n) is 2.23. The molecule has 0 amide bonds. The number of hydrogen-bond donors (Lipinski definition) is 2. The number of rotatable bonds is 2. The standard InChI is InChI=1S/C13H18ClN3/c1-9-10(6-15)4-5-17-13(9)11-2-3-12(14)8-16-7-11/h3-5,11,16H,2,6-8,15H2,1H3. The molecule has 0 saturated carbocycles. The first kappa shape index (κ1) is 12.6. The van der Waals surface area contributed by atoms with Gasteiger partial charge in [0.05, 0.1) is 0 Å². The number of pyridine rings is 1. The highest BCUT2D eigenvalue weighted by molar-refractivity contribution is 6.29. The summed E-state index contributed by atoms with van der Waals surface area (Å²) >= 11 is 6.03. The number of nitrogens with two attached hydrogens (primary N) is 1. The number of halogens is 1. The van der Waals surface area contributed by atoms with Crippen LogP contribution in [0.2, 0.25) is 0 Å². The van der Waals surface area contributed by atoms with E-state index in [2.05, 4.69) is 23.3 Å². The van der Waals surface area contributed by atoms with Crippen LogP contribution in [0.25, 0.3) is 0 Å². The summed E-state index contributed by atoms with van der Waals surface area (Å²) in [6.07, 6.45) is 4.87. The molecule has 92 valence electrons. The highest BCUT2D eigenvalue weighted by Gasteiger charge is 2.17. The fraction of sp³-hybridized carbons (Fsp3) is 0.462. The van der Waals surface area contributed by atoms with Crippen molar-refractivity contribution in [3.63, 3.8) is 0 Å². The molecule has 0 saturated heterocycles. The monoisotopic (exact) mass is 251 g/mol. The van der Waals surface area contributed by atoms with Crippen LogP contribution in [0.15, 0.2) is 23.4 Å². The molecule has 1 aromatic rings. The predicted molar refractivity (Wildman–Crippen MR) is 71.0 cm³/mol. The summed E-state index contributed by atoms with van der Waals surface area (Å²) in [4.78, 5) is 4.51. The van der Waals surface area contributed by atoms with Crippen LogP contribution in [0.5, 0.6) is 0 Å². The van der Waals surface area contributed by atoms with Crippen LogP contribution in [0.4, 0.5) is 0 Å². The van der Waals surface area contributed by atoms with Crippen LogP contribution < -0.4 is 11.1 Å². The lowest BCUT2D eigenvalue weighted by atomic mass is 9.95. The van der Waals surface area contributed by atoms with Crippen molar-refractivity contribution < 1.29 is 0 Å². The molecule has 0 radical (unpaired) electrons. The lowest BCUT2D eigenvalue weighted by Crippen LogP contribution is -2.22. The Hall–Kier alpha value is -0.900. The highest BCUT2D eigenvalue weighted by atomic mass is 35.5. The van der Waals surface area contributed by atoms with Gasteiger partial charge in [-0.25, -0.2) is 0 Å². The largest absolute Gasteiger partial charge is 0.326 e. The second-order valence-electron chi connectivity index (χ2n) is 4.40. The van der Waals surface area contributed by atoms with E-state index in [1.54, 1.807) is 0 Å². The Balaban J connectivity index is 2.27. The van der Waals surface area contributed by atoms with Gasteiger partial charge in [-0.3, -0.25) is 4.98 Å². The van der Waals surface area contributed by atoms with E-state index in [1.807, 2.05) is 12.3 Å². The van der Waals surface area contributed by atoms with Gasteiger partial charge in [0.25, 0.3) is 0 Å². The lowest BCUT2D eigenvalue weighted by molar-refractivity contribution is 0.612. The summed E-state index contributed by atoms with van der Waals surface area (Å²) in [6.45, 7) is 4.33. The van der Waals surface area contributed by atoms with E-state index in [9.17, 15) is 0 Å². The number of allylic oxidation sites excluding steroid dienone is 1. The van der Waals surface area contributed by atoms with E-state index < -0.39 is 0 Å². The Morgan fingerprint density at radius 2 is 2.41 bits per heavy atom. The summed E-state index contributed by atoms with van der Waals surface area (Å²) in [5.74, 6) is 0.387. The van der Waals surface area contributed by atoms with E-state index in [1.165, 1.54) is 11.1 Å². The zero-order valence-electron chi connectivity index (χ0n) is 10.0. The molecule has 1 unspecified atom stereocenters. The topological polar surface area (TPSA) is 50.9 Å². The van der Waals surface area contributed by atoms with Crippen LogP contribution in [-0.4, -0.2) is 18.1 Å². The van der Waals surface area contributed by atoms with Crippen LogP contribution in [0, 0.1) is 6.92 Å². The van der Waals surface area contributed by atoms with Crippen LogP contribution in [0.1, 0.15) is 29.2 Å². The van der Waals surface area contributed by atoms with Crippen molar-refractivity contribution in [2.45, 2.75) is 25.8 Å². The van der Waals surface area contributed by atoms with Gasteiger partial charge >= 0.3 is 0 Å². The quantitative estimate of drug-likeness (QED) is 0.846. The van der Waals surface area contributed by atoms with Crippen molar-refractivity contribution in [2.24, 2.45) is 5.73 Å². The molecule has 0 spiro atoms. The van der Waals surface area contributed by atoms with Gasteiger partial charge in [-0.1, -0.05) is 17.7 Å². The first-order valence-corrected chi connectivity index (χ1v) is 6.30. The molecule has 3 N–H and O–H groups in total. The van der Waals surface area contributed by atoms with Crippen molar-refractivity contribution in [2.75, 3.05) is 13.1 Å². The summed E-state index contributed by atoms with van der Waals surface area (Å²) in [5, 5.41) is 4.23. The summed E-state index contributed by atoms with van der Waals surface area (Å²) in [6, 6.07) is 1.99. The van der Waals surface area contributed by atoms with Gasteiger partial charge < -0.3 is 11.1 Å². The Morgan fingerprint density at radius 1 is 1.59 bits per heavy atom. The molecule has 17 heavy (non-hydrogen) atoms. The maximum atomic E-state index is 6.03. The molecule has 1 aromatic heterocycles. The van der Waals surface area contributed by atoms with Gasteiger partial charge in [-0.15, -0.1) is 0 Å². The first-order chi connectivity index (χ1) is 8.22. The molecule has 1 aliphatic rings. The molecule has 3 nitrogen and oxygen atoms in total. The minimum Gasteiger partial charge on any atom is -0.326 e. The van der Waals surface area contributed by atoms with E-state index in [-0.39, 0.29) is 0 Å². The zero-order chi connectivity index (χ0) is 12.3. The predicted octanol–water partition coefficient (Wildman–Crippen LogP) is 2.05. The second-order valence-corrected chi connectivity index (χ2v) is 4.88. The van der Waals surface area contributed by atoms with Crippen LogP contribution >= 0.6 is 11.6 Å². The Bertz CT molecular complexity index is 429. The van der Waals surface area contributed by atoms with Crippen molar-refractivity contribution in [1.82, 2.24) is 10.3 Å². The minimum absolute atomic E-state index is 0.387. The Kier molecular flexibility index (Phi) is 4.15. The molecule has 2 rings (SSSR count). The van der Waals surface area contributed by atoms with Gasteiger partial charge in [0, 0.05) is 42.5 Å². The molecule has 2 heterocycles. The molecule has 4 heteroatoms. The molecule has 0 aromatic carbocycles. The smallest absolute Gasteiger partial charge is 0.0482 e. The van der Waals surface area contributed by atoms with E-state index in [0.717, 1.165) is 30.2 Å². The van der Waals surface area contributed by atoms with E-state index >= 15 is 0 Å². The van der Waals surface area contributed by atoms with Crippen molar-refractivity contribution in [3.05, 3.63) is 40.2 Å². The van der Waals surface area contributed by atoms with Gasteiger partial charge in [0.1, 0.15) is 0 Å². The molecule has 1 aliphatic heterocycles. The third-order valence-corrected chi connectivity index (χ3v) is 3.56. The highest BCUT2D eigenvalue weighted by Crippen LogP contribution is 2.25. The van der Waals surface area contributed by atoms with Crippen LogP contribution in [0.3, 0.4) is 0 Å². The molecule has 0 fully saturated rings. The molecule has 0 aliphatic carbocycles. The third kappa shape index (κ3) is 2.86. The number of hydrogen-bond acceptors (Lipinski definition) is 3. The zero-order valence-corrected chi connectivity index (χ0v) is 10.8. The van der Waals surface area contributed by atoms with Gasteiger partial charge in [-0.05, 0) is 30.5 Å². The fourth-order valence-corrected chi connectivity index (χ4v) is 2.41. The minimum atomic E-state index is 0.387.